The molecule has 1 saturated carbocycles. The van der Waals surface area contributed by atoms with Crippen molar-refractivity contribution in [3.8, 4) is 11.1 Å². The highest BCUT2D eigenvalue weighted by molar-refractivity contribution is 6.32. The van der Waals surface area contributed by atoms with Crippen LogP contribution in [0.2, 0.25) is 5.02 Å². The molecule has 1 spiro atoms. The molecular formula is C20H18ClFO3. The van der Waals surface area contributed by atoms with Gasteiger partial charge in [0, 0.05) is 10.6 Å². The zero-order valence-electron chi connectivity index (χ0n) is 13.5. The van der Waals surface area contributed by atoms with E-state index in [1.165, 1.54) is 12.1 Å². The van der Waals surface area contributed by atoms with Crippen LogP contribution in [0.3, 0.4) is 0 Å². The minimum absolute atomic E-state index is 0.0793. The second-order valence-corrected chi connectivity index (χ2v) is 7.04. The summed E-state index contributed by atoms with van der Waals surface area (Å²) in [5.41, 5.74) is 1.72. The molecule has 2 N–H and O–H groups in total. The van der Waals surface area contributed by atoms with Gasteiger partial charge in [-0.15, -0.1) is 0 Å². The van der Waals surface area contributed by atoms with Crippen molar-refractivity contribution in [3.05, 3.63) is 64.6 Å². The summed E-state index contributed by atoms with van der Waals surface area (Å²) in [6.07, 6.45) is 2.07. The van der Waals surface area contributed by atoms with Crippen LogP contribution in [-0.4, -0.2) is 22.1 Å². The van der Waals surface area contributed by atoms with Gasteiger partial charge in [0.25, 0.3) is 0 Å². The molecular weight excluding hydrogens is 343 g/mol. The molecule has 2 aromatic carbocycles. The van der Waals surface area contributed by atoms with E-state index in [1.807, 2.05) is 6.07 Å². The first-order valence-electron chi connectivity index (χ1n) is 8.35. The summed E-state index contributed by atoms with van der Waals surface area (Å²) in [7, 11) is 0. The van der Waals surface area contributed by atoms with Crippen molar-refractivity contribution in [2.75, 3.05) is 0 Å². The van der Waals surface area contributed by atoms with E-state index in [-0.39, 0.29) is 11.6 Å². The van der Waals surface area contributed by atoms with Crippen molar-refractivity contribution in [3.63, 3.8) is 0 Å². The van der Waals surface area contributed by atoms with Gasteiger partial charge in [0.15, 0.2) is 6.29 Å². The molecule has 1 atom stereocenters. The van der Waals surface area contributed by atoms with Crippen LogP contribution in [0, 0.1) is 5.82 Å². The number of ether oxygens (including phenoxy) is 1. The first kappa shape index (κ1) is 16.6. The van der Waals surface area contributed by atoms with Gasteiger partial charge in [0.05, 0.1) is 5.57 Å². The minimum atomic E-state index is -1.21. The maximum atomic E-state index is 13.2. The summed E-state index contributed by atoms with van der Waals surface area (Å²) in [4.78, 5) is 0. The Kier molecular flexibility index (Phi) is 4.07. The zero-order chi connectivity index (χ0) is 17.6. The normalized spacial score (nSPS) is 22.1. The maximum absolute atomic E-state index is 13.2. The molecule has 25 heavy (non-hydrogen) atoms. The highest BCUT2D eigenvalue weighted by atomic mass is 35.5. The smallest absolute Gasteiger partial charge is 0.186 e. The molecule has 3 nitrogen and oxygen atoms in total. The number of benzene rings is 2. The predicted molar refractivity (Wildman–Crippen MR) is 94.7 cm³/mol. The Morgan fingerprint density at radius 1 is 1.04 bits per heavy atom. The molecule has 1 aliphatic carbocycles. The van der Waals surface area contributed by atoms with Crippen LogP contribution in [0.4, 0.5) is 4.39 Å². The molecule has 1 unspecified atom stereocenters. The van der Waals surface area contributed by atoms with E-state index >= 15 is 0 Å². The Morgan fingerprint density at radius 3 is 2.36 bits per heavy atom. The molecule has 0 aromatic heterocycles. The molecule has 5 heteroatoms. The molecule has 2 aromatic rings. The third-order valence-corrected chi connectivity index (χ3v) is 5.45. The second kappa shape index (κ2) is 6.13. The van der Waals surface area contributed by atoms with Crippen molar-refractivity contribution < 1.29 is 19.3 Å². The fourth-order valence-corrected chi connectivity index (χ4v) is 4.03. The summed E-state index contributed by atoms with van der Waals surface area (Å²) in [5.74, 6) is -0.225. The van der Waals surface area contributed by atoms with Gasteiger partial charge < -0.3 is 14.9 Å². The number of rotatable bonds is 2. The average Bonchev–Trinajstić information content (AvgIpc) is 3.15. The van der Waals surface area contributed by atoms with Gasteiger partial charge in [-0.1, -0.05) is 29.8 Å². The number of aliphatic hydroxyl groups excluding tert-OH is 2. The number of halogens is 2. The molecule has 1 aliphatic heterocycles. The van der Waals surface area contributed by atoms with E-state index in [9.17, 15) is 14.6 Å². The SMILES string of the molecule is OC1=C(c2cc(-c3ccc(F)cc3)ccc2Cl)C(O)OC12CCCC2. The van der Waals surface area contributed by atoms with Gasteiger partial charge >= 0.3 is 0 Å². The lowest BCUT2D eigenvalue weighted by Crippen LogP contribution is -2.29. The molecule has 0 radical (unpaired) electrons. The lowest BCUT2D eigenvalue weighted by atomic mass is 9.93. The highest BCUT2D eigenvalue weighted by Crippen LogP contribution is 2.49. The summed E-state index contributed by atoms with van der Waals surface area (Å²) in [5, 5.41) is 21.6. The van der Waals surface area contributed by atoms with E-state index in [4.69, 9.17) is 16.3 Å². The zero-order valence-corrected chi connectivity index (χ0v) is 14.3. The van der Waals surface area contributed by atoms with Gasteiger partial charge in [0.1, 0.15) is 17.2 Å². The van der Waals surface area contributed by atoms with Crippen LogP contribution in [-0.2, 0) is 4.74 Å². The summed E-state index contributed by atoms with van der Waals surface area (Å²) in [6.45, 7) is 0. The number of hydrogen-bond donors (Lipinski definition) is 2. The predicted octanol–water partition coefficient (Wildman–Crippen LogP) is 5.08. The monoisotopic (exact) mass is 360 g/mol. The third-order valence-electron chi connectivity index (χ3n) is 5.12. The molecule has 0 bridgehead atoms. The van der Waals surface area contributed by atoms with Gasteiger partial charge in [0.2, 0.25) is 0 Å². The largest absolute Gasteiger partial charge is 0.509 e. The quantitative estimate of drug-likeness (QED) is 0.785. The first-order chi connectivity index (χ1) is 12.0. The van der Waals surface area contributed by atoms with E-state index in [0.717, 1.165) is 24.0 Å². The molecule has 4 rings (SSSR count). The Labute approximate surface area is 150 Å². The molecule has 1 heterocycles. The lowest BCUT2D eigenvalue weighted by molar-refractivity contribution is -0.127. The van der Waals surface area contributed by atoms with Crippen molar-refractivity contribution in [1.82, 2.24) is 0 Å². The summed E-state index contributed by atoms with van der Waals surface area (Å²) >= 11 is 6.34. The standard InChI is InChI=1S/C20H18ClFO3/c21-16-8-5-13(12-3-6-14(22)7-4-12)11-15(16)17-18(23)20(25-19(17)24)9-1-2-10-20/h3-8,11,19,23-24H,1-2,9-10H2. The van der Waals surface area contributed by atoms with E-state index in [1.54, 1.807) is 24.3 Å². The van der Waals surface area contributed by atoms with E-state index in [2.05, 4.69) is 0 Å². The van der Waals surface area contributed by atoms with Crippen LogP contribution in [0.1, 0.15) is 31.2 Å². The van der Waals surface area contributed by atoms with Crippen LogP contribution in [0.5, 0.6) is 0 Å². The number of hydrogen-bond acceptors (Lipinski definition) is 3. The first-order valence-corrected chi connectivity index (χ1v) is 8.73. The molecule has 130 valence electrons. The molecule has 2 aliphatic rings. The summed E-state index contributed by atoms with van der Waals surface area (Å²) < 4.78 is 18.9. The Balaban J connectivity index is 1.81. The topological polar surface area (TPSA) is 49.7 Å². The van der Waals surface area contributed by atoms with E-state index in [0.29, 0.717) is 29.0 Å². The third kappa shape index (κ3) is 2.74. The second-order valence-electron chi connectivity index (χ2n) is 6.64. The molecule has 0 saturated heterocycles. The number of aliphatic hydroxyl groups is 2. The minimum Gasteiger partial charge on any atom is -0.509 e. The fraction of sp³-hybridized carbons (Fsp3) is 0.300. The fourth-order valence-electron chi connectivity index (χ4n) is 3.81. The van der Waals surface area contributed by atoms with Crippen molar-refractivity contribution in [1.29, 1.82) is 0 Å². The van der Waals surface area contributed by atoms with Crippen LogP contribution >= 0.6 is 11.6 Å². The average molecular weight is 361 g/mol. The van der Waals surface area contributed by atoms with Crippen LogP contribution in [0.25, 0.3) is 16.7 Å². The van der Waals surface area contributed by atoms with Gasteiger partial charge in [-0.3, -0.25) is 0 Å². The van der Waals surface area contributed by atoms with Crippen LogP contribution in [0.15, 0.2) is 48.2 Å². The maximum Gasteiger partial charge on any atom is 0.186 e. The van der Waals surface area contributed by atoms with E-state index < -0.39 is 11.9 Å². The molecule has 0 amide bonds. The Bertz CT molecular complexity index is 839. The van der Waals surface area contributed by atoms with Gasteiger partial charge in [-0.05, 0) is 61.1 Å². The van der Waals surface area contributed by atoms with Crippen LogP contribution < -0.4 is 0 Å². The van der Waals surface area contributed by atoms with Crippen molar-refractivity contribution in [2.45, 2.75) is 37.6 Å². The van der Waals surface area contributed by atoms with Gasteiger partial charge in [-0.2, -0.15) is 0 Å². The Morgan fingerprint density at radius 2 is 1.68 bits per heavy atom. The highest BCUT2D eigenvalue weighted by Gasteiger charge is 2.49. The summed E-state index contributed by atoms with van der Waals surface area (Å²) in [6, 6.07) is 11.5. The Hall–Kier alpha value is -1.88. The lowest BCUT2D eigenvalue weighted by Gasteiger charge is -2.22. The van der Waals surface area contributed by atoms with Crippen molar-refractivity contribution >= 4 is 17.2 Å². The van der Waals surface area contributed by atoms with Crippen molar-refractivity contribution in [2.24, 2.45) is 0 Å². The molecule has 1 fully saturated rings. The van der Waals surface area contributed by atoms with Gasteiger partial charge in [-0.25, -0.2) is 4.39 Å².